The second-order valence-electron chi connectivity index (χ2n) is 10.2. The summed E-state index contributed by atoms with van der Waals surface area (Å²) in [5.41, 5.74) is 0.354. The van der Waals surface area contributed by atoms with Crippen LogP contribution in [0.25, 0.3) is 27.5 Å². The molecular formula is C29H27F4N3O4S. The Balaban J connectivity index is 1.84. The standard InChI is InChI=1S/C29H27F4N3O4S/c1-16-23(18-7-6-8-20(30)15-18)25(26(38)39-5)36(35-16)27-34-24(17-9-11-19(12-10-17)29(31,32)33)21(41-27)13-14-22(37)40-28(2,3)4/h6-12,15H,13-14H2,1-5H3. The van der Waals surface area contributed by atoms with Crippen LogP contribution in [0.5, 0.6) is 0 Å². The van der Waals surface area contributed by atoms with Gasteiger partial charge in [-0.2, -0.15) is 23.0 Å². The lowest BCUT2D eigenvalue weighted by Crippen LogP contribution is -2.23. The highest BCUT2D eigenvalue weighted by Gasteiger charge is 2.31. The number of alkyl halides is 3. The Bertz CT molecular complexity index is 1590. The maximum absolute atomic E-state index is 14.1. The number of carbonyl (C=O) groups excluding carboxylic acids is 2. The number of hydrogen-bond donors (Lipinski definition) is 0. The van der Waals surface area contributed by atoms with Crippen molar-refractivity contribution in [1.29, 1.82) is 0 Å². The van der Waals surface area contributed by atoms with Crippen LogP contribution in [0, 0.1) is 12.7 Å². The van der Waals surface area contributed by atoms with Crippen molar-refractivity contribution in [3.05, 3.63) is 76.2 Å². The van der Waals surface area contributed by atoms with E-state index in [0.29, 0.717) is 33.0 Å². The molecule has 2 heterocycles. The van der Waals surface area contributed by atoms with E-state index in [0.717, 1.165) is 23.5 Å². The van der Waals surface area contributed by atoms with Crippen molar-refractivity contribution in [2.24, 2.45) is 0 Å². The molecule has 0 N–H and O–H groups in total. The highest BCUT2D eigenvalue weighted by Crippen LogP contribution is 2.37. The second kappa shape index (κ2) is 11.4. The minimum atomic E-state index is -4.51. The zero-order valence-corrected chi connectivity index (χ0v) is 23.7. The van der Waals surface area contributed by atoms with E-state index in [1.54, 1.807) is 33.8 Å². The van der Waals surface area contributed by atoms with Crippen LogP contribution in [0.15, 0.2) is 48.5 Å². The van der Waals surface area contributed by atoms with Crippen LogP contribution in [0.1, 0.15) is 53.8 Å². The van der Waals surface area contributed by atoms with Gasteiger partial charge in [0, 0.05) is 16.0 Å². The largest absolute Gasteiger partial charge is 0.464 e. The van der Waals surface area contributed by atoms with Gasteiger partial charge in [0.05, 0.1) is 30.5 Å². The summed E-state index contributed by atoms with van der Waals surface area (Å²) in [6.45, 7) is 6.88. The topological polar surface area (TPSA) is 83.3 Å². The van der Waals surface area contributed by atoms with Gasteiger partial charge >= 0.3 is 18.1 Å². The molecule has 0 spiro atoms. The van der Waals surface area contributed by atoms with E-state index < -0.39 is 35.1 Å². The summed E-state index contributed by atoms with van der Waals surface area (Å²) in [4.78, 5) is 30.6. The number of rotatable bonds is 7. The molecule has 0 fully saturated rings. The second-order valence-corrected chi connectivity index (χ2v) is 11.2. The van der Waals surface area contributed by atoms with E-state index >= 15 is 0 Å². The lowest BCUT2D eigenvalue weighted by Gasteiger charge is -2.19. The molecule has 7 nitrogen and oxygen atoms in total. The maximum Gasteiger partial charge on any atom is 0.416 e. The lowest BCUT2D eigenvalue weighted by atomic mass is 10.0. The zero-order chi connectivity index (χ0) is 30.1. The van der Waals surface area contributed by atoms with Crippen LogP contribution in [-0.4, -0.2) is 39.4 Å². The Morgan fingerprint density at radius 3 is 2.29 bits per heavy atom. The van der Waals surface area contributed by atoms with Crippen molar-refractivity contribution in [3.63, 3.8) is 0 Å². The van der Waals surface area contributed by atoms with Gasteiger partial charge < -0.3 is 9.47 Å². The van der Waals surface area contributed by atoms with Crippen molar-refractivity contribution in [2.75, 3.05) is 7.11 Å². The fraction of sp³-hybridized carbons (Fsp3) is 0.310. The van der Waals surface area contributed by atoms with Crippen LogP contribution < -0.4 is 0 Å². The number of aryl methyl sites for hydroxylation is 2. The number of hydrogen-bond acceptors (Lipinski definition) is 7. The molecule has 0 atom stereocenters. The number of thiazole rings is 1. The average Bonchev–Trinajstić information content (AvgIpc) is 3.46. The number of ether oxygens (including phenoxy) is 2. The fourth-order valence-corrected chi connectivity index (χ4v) is 5.23. The SMILES string of the molecule is COC(=O)c1c(-c2cccc(F)c2)c(C)nn1-c1nc(-c2ccc(C(F)(F)F)cc2)c(CCC(=O)OC(C)(C)C)s1. The van der Waals surface area contributed by atoms with Crippen molar-refractivity contribution in [1.82, 2.24) is 14.8 Å². The van der Waals surface area contributed by atoms with Gasteiger partial charge in [-0.1, -0.05) is 35.6 Å². The third kappa shape index (κ3) is 6.82. The monoisotopic (exact) mass is 589 g/mol. The Morgan fingerprint density at radius 2 is 1.71 bits per heavy atom. The zero-order valence-electron chi connectivity index (χ0n) is 22.9. The maximum atomic E-state index is 14.1. The molecule has 0 radical (unpaired) electrons. The molecule has 41 heavy (non-hydrogen) atoms. The van der Waals surface area contributed by atoms with Crippen LogP contribution >= 0.6 is 11.3 Å². The summed E-state index contributed by atoms with van der Waals surface area (Å²) in [7, 11) is 1.20. The van der Waals surface area contributed by atoms with Gasteiger partial charge in [0.1, 0.15) is 11.4 Å². The minimum absolute atomic E-state index is 0.00186. The summed E-state index contributed by atoms with van der Waals surface area (Å²) in [5.74, 6) is -1.70. The molecular weight excluding hydrogens is 562 g/mol. The van der Waals surface area contributed by atoms with Gasteiger partial charge in [-0.05, 0) is 63.9 Å². The van der Waals surface area contributed by atoms with Crippen LogP contribution in [0.4, 0.5) is 17.6 Å². The summed E-state index contributed by atoms with van der Waals surface area (Å²) in [5, 5.41) is 4.71. The molecule has 4 rings (SSSR count). The van der Waals surface area contributed by atoms with E-state index in [1.807, 2.05) is 0 Å². The van der Waals surface area contributed by atoms with E-state index in [-0.39, 0.29) is 23.7 Å². The number of aromatic nitrogens is 3. The van der Waals surface area contributed by atoms with Gasteiger partial charge in [-0.15, -0.1) is 0 Å². The van der Waals surface area contributed by atoms with Crippen molar-refractivity contribution in [3.8, 4) is 27.5 Å². The molecule has 0 aliphatic heterocycles. The summed E-state index contributed by atoms with van der Waals surface area (Å²) in [6.07, 6.45) is -4.35. The summed E-state index contributed by atoms with van der Waals surface area (Å²) >= 11 is 1.12. The molecule has 2 aromatic heterocycles. The Kier molecular flexibility index (Phi) is 8.34. The van der Waals surface area contributed by atoms with Crippen LogP contribution in [0.3, 0.4) is 0 Å². The van der Waals surface area contributed by atoms with Crippen molar-refractivity contribution < 1.29 is 36.6 Å². The van der Waals surface area contributed by atoms with Crippen molar-refractivity contribution in [2.45, 2.75) is 52.3 Å². The number of halogens is 4. The summed E-state index contributed by atoms with van der Waals surface area (Å²) < 4.78 is 65.3. The average molecular weight is 590 g/mol. The molecule has 2 aromatic carbocycles. The number of esters is 2. The van der Waals surface area contributed by atoms with Gasteiger partial charge in [0.15, 0.2) is 5.69 Å². The van der Waals surface area contributed by atoms with E-state index in [9.17, 15) is 27.2 Å². The Labute approximate surface area is 237 Å². The Hall–Kier alpha value is -4.06. The molecule has 0 unspecified atom stereocenters. The number of nitrogens with zero attached hydrogens (tertiary/aromatic N) is 3. The molecule has 4 aromatic rings. The van der Waals surface area contributed by atoms with Gasteiger partial charge in [0.2, 0.25) is 5.13 Å². The molecule has 0 bridgehead atoms. The highest BCUT2D eigenvalue weighted by molar-refractivity contribution is 7.14. The molecule has 0 saturated carbocycles. The third-order valence-corrected chi connectivity index (χ3v) is 6.97. The molecule has 0 aliphatic rings. The minimum Gasteiger partial charge on any atom is -0.464 e. The van der Waals surface area contributed by atoms with Crippen LogP contribution in [-0.2, 0) is 26.9 Å². The van der Waals surface area contributed by atoms with E-state index in [2.05, 4.69) is 10.1 Å². The van der Waals surface area contributed by atoms with Gasteiger partial charge in [-0.25, -0.2) is 14.2 Å². The van der Waals surface area contributed by atoms with Crippen LogP contribution in [0.2, 0.25) is 0 Å². The van der Waals surface area contributed by atoms with Gasteiger partial charge in [-0.3, -0.25) is 4.79 Å². The predicted molar refractivity (Wildman–Crippen MR) is 145 cm³/mol. The molecule has 0 amide bonds. The predicted octanol–water partition coefficient (Wildman–Crippen LogP) is 7.19. The Morgan fingerprint density at radius 1 is 1.02 bits per heavy atom. The van der Waals surface area contributed by atoms with E-state index in [1.165, 1.54) is 42.1 Å². The normalized spacial score (nSPS) is 11.9. The first-order chi connectivity index (χ1) is 19.2. The van der Waals surface area contributed by atoms with E-state index in [4.69, 9.17) is 9.47 Å². The quantitative estimate of drug-likeness (QED) is 0.168. The molecule has 12 heteroatoms. The first-order valence-electron chi connectivity index (χ1n) is 12.5. The highest BCUT2D eigenvalue weighted by atomic mass is 32.1. The van der Waals surface area contributed by atoms with Crippen molar-refractivity contribution >= 4 is 23.3 Å². The number of methoxy groups -OCH3 is 1. The first kappa shape index (κ1) is 29.9. The molecule has 216 valence electrons. The number of carbonyl (C=O) groups is 2. The fourth-order valence-electron chi connectivity index (χ4n) is 4.19. The smallest absolute Gasteiger partial charge is 0.416 e. The van der Waals surface area contributed by atoms with Gasteiger partial charge in [0.25, 0.3) is 0 Å². The third-order valence-electron chi connectivity index (χ3n) is 5.88. The lowest BCUT2D eigenvalue weighted by molar-refractivity contribution is -0.154. The number of benzene rings is 2. The molecule has 0 aliphatic carbocycles. The summed E-state index contributed by atoms with van der Waals surface area (Å²) in [6, 6.07) is 10.2. The molecule has 0 saturated heterocycles. The first-order valence-corrected chi connectivity index (χ1v) is 13.3.